The molecule has 0 unspecified atom stereocenters. The zero-order valence-electron chi connectivity index (χ0n) is 78.1. The topological polar surface area (TPSA) is 244 Å². The largest absolute Gasteiger partial charge is 1.00 e. The third-order valence-electron chi connectivity index (χ3n) is 22.6. The van der Waals surface area contributed by atoms with Crippen molar-refractivity contribution < 1.29 is 105 Å². The maximum atomic E-state index is 10.9. The van der Waals surface area contributed by atoms with Crippen molar-refractivity contribution in [2.75, 3.05) is 22.4 Å². The van der Waals surface area contributed by atoms with E-state index in [1.54, 1.807) is 6.07 Å². The summed E-state index contributed by atoms with van der Waals surface area (Å²) in [6, 6.07) is 112. The van der Waals surface area contributed by atoms with E-state index in [0.29, 0.717) is 142 Å². The molecule has 4 aliphatic rings. The molecule has 0 aliphatic heterocycles. The van der Waals surface area contributed by atoms with Crippen molar-refractivity contribution in [1.82, 2.24) is 0 Å². The van der Waals surface area contributed by atoms with Crippen LogP contribution in [0.5, 0.6) is 69.0 Å². The molecule has 0 heterocycles. The first-order valence-electron chi connectivity index (χ1n) is 45.1. The number of carboxylic acid groups (broad SMARTS) is 1. The molecule has 14 aromatic carbocycles. The number of aromatic hydroxyl groups is 4. The molecule has 0 saturated heterocycles. The van der Waals surface area contributed by atoms with Crippen molar-refractivity contribution in [3.05, 3.63) is 487 Å². The molecular weight excluding hydrogens is 1960 g/mol. The van der Waals surface area contributed by atoms with Gasteiger partial charge in [-0.15, -0.1) is 23.2 Å². The Bertz CT molecular complexity index is 6100. The average molecular weight is 2070 g/mol. The van der Waals surface area contributed by atoms with Crippen LogP contribution in [0.2, 0.25) is 0 Å². The van der Waals surface area contributed by atoms with Gasteiger partial charge in [0.2, 0.25) is 13.1 Å². The van der Waals surface area contributed by atoms with Gasteiger partial charge in [0.15, 0.2) is 69.0 Å². The molecule has 0 amide bonds. The number of rotatable bonds is 33. The molecule has 6 N–H and O–H groups in total. The van der Waals surface area contributed by atoms with Crippen LogP contribution >= 0.6 is 55.1 Å². The minimum Gasteiger partial charge on any atom is -0.870 e. The summed E-state index contributed by atoms with van der Waals surface area (Å²) >= 11 is 16.5. The van der Waals surface area contributed by atoms with Gasteiger partial charge >= 0.3 is 35.5 Å². The van der Waals surface area contributed by atoms with Crippen molar-refractivity contribution in [2.24, 2.45) is 0 Å². The maximum absolute atomic E-state index is 10.9. The third-order valence-corrected chi connectivity index (χ3v) is 24.6. The number of halogens is 4. The second-order valence-corrected chi connectivity index (χ2v) is 35.0. The number of carbonyl (C=O) groups is 1. The van der Waals surface area contributed by atoms with Crippen LogP contribution in [0.25, 0.3) is 24.2 Å². The molecule has 25 heteroatoms. The Balaban J connectivity index is 0.000000207. The van der Waals surface area contributed by atoms with Crippen molar-refractivity contribution in [3.8, 4) is 69.0 Å². The van der Waals surface area contributed by atoms with Crippen LogP contribution < -0.4 is 67.5 Å². The van der Waals surface area contributed by atoms with Crippen molar-refractivity contribution in [2.45, 2.75) is 139 Å². The summed E-state index contributed by atoms with van der Waals surface area (Å²) in [4.78, 5) is 29.0. The van der Waals surface area contributed by atoms with Gasteiger partial charge in [-0.05, 0) is 166 Å². The molecule has 718 valence electrons. The first-order valence-corrected chi connectivity index (χ1v) is 48.4. The number of carboxylic acids is 1. The SMILES string of the molecule is ClCCBr.ClCCBr.O=C(O)C1(c2ccc(O)c(O)c2)CC1.[C-]#[N+]C1(c2ccc(O)c(O)c2)CC1.[C-]#[N+]C1(c2ccc(OCc3ccccc3)c(OCc3ccccc3)c2)CC1.[C-]#[N+]C1(c2ccc(OCc3ccccc3)c(OCc3ccccc3)c2)CC1.[C-]#[N+]Cc1ccc(OCc2ccccc2)c(OCc2ccccc2)c1.[C-]#[N+]Cc1ccc(OCc2ccccc2)c(OCc2ccccc2)c1.[HH].[Na+].[OH-]. The number of phenols is 4. The number of aliphatic carboxylic acids is 1. The maximum Gasteiger partial charge on any atom is 1.00 e. The Morgan fingerprint density at radius 2 is 0.489 bits per heavy atom. The Labute approximate surface area is 876 Å². The van der Waals surface area contributed by atoms with E-state index in [9.17, 15) is 15.0 Å². The predicted molar refractivity (Wildman–Crippen MR) is 556 cm³/mol. The van der Waals surface area contributed by atoms with Gasteiger partial charge in [-0.3, -0.25) is 4.79 Å². The van der Waals surface area contributed by atoms with Crippen LogP contribution in [0, 0.1) is 32.9 Å². The smallest absolute Gasteiger partial charge is 0.870 e. The van der Waals surface area contributed by atoms with E-state index < -0.39 is 16.9 Å². The molecule has 4 aliphatic carbocycles. The molecule has 0 atom stereocenters. The molecule has 0 bridgehead atoms. The van der Waals surface area contributed by atoms with Crippen LogP contribution in [-0.4, -0.2) is 59.4 Å². The molecule has 20 nitrogen and oxygen atoms in total. The van der Waals surface area contributed by atoms with Gasteiger partial charge in [-0.25, -0.2) is 32.9 Å². The van der Waals surface area contributed by atoms with E-state index in [1.165, 1.54) is 30.3 Å². The summed E-state index contributed by atoms with van der Waals surface area (Å²) in [5, 5.41) is 47.4. The van der Waals surface area contributed by atoms with Crippen molar-refractivity contribution in [1.29, 1.82) is 0 Å². The summed E-state index contributed by atoms with van der Waals surface area (Å²) < 4.78 is 48.1. The molecule has 0 spiro atoms. The van der Waals surface area contributed by atoms with E-state index >= 15 is 0 Å². The monoisotopic (exact) mass is 2060 g/mol. The zero-order chi connectivity index (χ0) is 98.3. The number of phenolic OH excluding ortho intramolecular Hbond substituents is 4. The van der Waals surface area contributed by atoms with Gasteiger partial charge in [-0.2, -0.15) is 0 Å². The second kappa shape index (κ2) is 58.2. The standard InChI is InChI=1S/2C24H21NO2.2C22H19NO2.C10H9NO2.C10H10O4.2C2H4BrCl.Na.H2O.H2/c2*1-25-24(14-15-24)21-12-13-22(26-17-19-8-4-2-5-9-19)23(16-21)27-18-20-10-6-3-7-11-20;2*1-23-15-20-12-13-21(24-16-18-8-4-2-5-9-18)22(14-20)25-17-19-10-6-3-7-11-19;1-11-10(4-5-10)7-2-3-8(12)9(13)6-7;11-7-2-1-6(5-8(7)12)10(3-4-10)9(13)14;2*3-1-2-4;;;/h2*2-13,16H,14-15,17-18H2;2*2-14H,15-17H2;2-3,6,12-13H,4-5H2;1-2,5,11-12H,3-4H2,(H,13,14);2*1-2H2;;1H2;1H/q;;;;;;;;+1;;/p-1. The Hall–Kier alpha value is -13.9. The van der Waals surface area contributed by atoms with Crippen LogP contribution in [0.4, 0.5) is 0 Å². The first-order chi connectivity index (χ1) is 67.8. The molecule has 0 aromatic heterocycles. The summed E-state index contributed by atoms with van der Waals surface area (Å²) in [5.74, 6) is 5.29. The van der Waals surface area contributed by atoms with Crippen LogP contribution in [-0.2, 0) is 92.8 Å². The van der Waals surface area contributed by atoms with E-state index in [4.69, 9.17) is 109 Å². The predicted octanol–water partition coefficient (Wildman–Crippen LogP) is 25.6. The number of hydrogen-bond donors (Lipinski definition) is 5. The van der Waals surface area contributed by atoms with Gasteiger partial charge in [-0.1, -0.05) is 281 Å². The third kappa shape index (κ3) is 35.1. The van der Waals surface area contributed by atoms with Crippen molar-refractivity contribution >= 4 is 61.0 Å². The average Bonchev–Trinajstić information content (AvgIpc) is 1.49. The van der Waals surface area contributed by atoms with Crippen LogP contribution in [0.15, 0.2) is 352 Å². The van der Waals surface area contributed by atoms with Gasteiger partial charge in [0.1, 0.15) is 52.9 Å². The minimum absolute atomic E-state index is 0. The van der Waals surface area contributed by atoms with Crippen molar-refractivity contribution in [3.63, 3.8) is 0 Å². The van der Waals surface area contributed by atoms with Gasteiger partial charge in [0.05, 0.1) is 5.41 Å². The molecule has 0 radical (unpaired) electrons. The Kier molecular flexibility index (Phi) is 45.7. The molecular formula is C116H110Br2Cl2N5NaO15. The first kappa shape index (κ1) is 111. The Morgan fingerprint density at radius 1 is 0.284 bits per heavy atom. The van der Waals surface area contributed by atoms with Crippen LogP contribution in [0.3, 0.4) is 0 Å². The Morgan fingerprint density at radius 3 is 0.695 bits per heavy atom. The van der Waals surface area contributed by atoms with E-state index in [2.05, 4.69) is 56.1 Å². The fourth-order valence-corrected chi connectivity index (χ4v) is 14.0. The summed E-state index contributed by atoms with van der Waals surface area (Å²) in [6.45, 7) is 40.6. The number of hydrogen-bond acceptors (Lipinski definition) is 14. The summed E-state index contributed by atoms with van der Waals surface area (Å²) in [6.07, 6.45) is 6.54. The normalized spacial score (nSPS) is 12.8. The molecule has 141 heavy (non-hydrogen) atoms. The number of nitrogens with zero attached hydrogens (tertiary/aromatic N) is 5. The molecule has 18 rings (SSSR count). The van der Waals surface area contributed by atoms with E-state index in [0.717, 1.165) is 122 Å². The fourth-order valence-electron chi connectivity index (χ4n) is 14.0. The zero-order valence-corrected chi connectivity index (χ0v) is 84.8. The fraction of sp³-hybridized carbons (Fsp3) is 0.224. The molecule has 4 saturated carbocycles. The van der Waals surface area contributed by atoms with E-state index in [-0.39, 0.29) is 70.5 Å². The van der Waals surface area contributed by atoms with Gasteiger partial charge in [0.25, 0.3) is 16.6 Å². The van der Waals surface area contributed by atoms with Gasteiger partial charge < -0.3 is 93.1 Å². The summed E-state index contributed by atoms with van der Waals surface area (Å²) in [5.41, 5.74) is 12.1. The summed E-state index contributed by atoms with van der Waals surface area (Å²) in [7, 11) is 0. The van der Waals surface area contributed by atoms with Crippen LogP contribution in [0.1, 0.15) is 131 Å². The number of ether oxygens (including phenoxy) is 8. The van der Waals surface area contributed by atoms with Gasteiger partial charge in [0, 0.05) is 90.2 Å². The molecule has 4 fully saturated rings. The molecule has 14 aromatic rings. The number of benzene rings is 14. The van der Waals surface area contributed by atoms with E-state index in [1.807, 2.05) is 315 Å². The number of alkyl halides is 4. The minimum atomic E-state index is -0.873. The second-order valence-electron chi connectivity index (χ2n) is 32.7. The quantitative estimate of drug-likeness (QED) is 0.0111.